The van der Waals surface area contributed by atoms with Crippen LogP contribution in [0.1, 0.15) is 49.4 Å². The zero-order valence-corrected chi connectivity index (χ0v) is 15.0. The van der Waals surface area contributed by atoms with Crippen molar-refractivity contribution in [1.29, 1.82) is 0 Å². The number of benzene rings is 2. The molecular formula is C21H28N2O. The van der Waals surface area contributed by atoms with Gasteiger partial charge in [-0.2, -0.15) is 0 Å². The minimum Gasteiger partial charge on any atom is -0.354 e. The van der Waals surface area contributed by atoms with Crippen LogP contribution in [0.25, 0.3) is 0 Å². The molecule has 24 heavy (non-hydrogen) atoms. The molecule has 0 bridgehead atoms. The average Bonchev–Trinajstić information content (AvgIpc) is 2.60. The lowest BCUT2D eigenvalue weighted by Crippen LogP contribution is -2.44. The van der Waals surface area contributed by atoms with Crippen molar-refractivity contribution in [2.24, 2.45) is 0 Å². The van der Waals surface area contributed by atoms with Gasteiger partial charge in [0.15, 0.2) is 0 Å². The van der Waals surface area contributed by atoms with Crippen LogP contribution in [0.3, 0.4) is 0 Å². The number of carbonyl (C=O) groups is 1. The van der Waals surface area contributed by atoms with E-state index in [0.29, 0.717) is 12.5 Å². The molecular weight excluding hydrogens is 296 g/mol. The van der Waals surface area contributed by atoms with Gasteiger partial charge in [0, 0.05) is 12.6 Å². The first-order valence-electron chi connectivity index (χ1n) is 8.63. The maximum Gasteiger partial charge on any atom is 0.236 e. The SMILES string of the molecule is Cc1ccccc1C(C)NC(C)C(=O)NCC(C)c1ccccc1. The molecule has 0 fully saturated rings. The number of hydrogen-bond donors (Lipinski definition) is 2. The quantitative estimate of drug-likeness (QED) is 0.809. The van der Waals surface area contributed by atoms with Gasteiger partial charge in [-0.05, 0) is 43.4 Å². The summed E-state index contributed by atoms with van der Waals surface area (Å²) in [5, 5.41) is 6.44. The lowest BCUT2D eigenvalue weighted by molar-refractivity contribution is -0.123. The maximum atomic E-state index is 12.4. The first-order chi connectivity index (χ1) is 11.5. The summed E-state index contributed by atoms with van der Waals surface area (Å²) in [6, 6.07) is 18.4. The summed E-state index contributed by atoms with van der Waals surface area (Å²) in [6.45, 7) is 8.88. The molecule has 2 N–H and O–H groups in total. The summed E-state index contributed by atoms with van der Waals surface area (Å²) in [7, 11) is 0. The van der Waals surface area contributed by atoms with Gasteiger partial charge in [0.25, 0.3) is 0 Å². The van der Waals surface area contributed by atoms with E-state index in [1.165, 1.54) is 16.7 Å². The van der Waals surface area contributed by atoms with Gasteiger partial charge < -0.3 is 5.32 Å². The fourth-order valence-electron chi connectivity index (χ4n) is 2.92. The number of amides is 1. The Hall–Kier alpha value is -2.13. The summed E-state index contributed by atoms with van der Waals surface area (Å²) in [5.41, 5.74) is 3.71. The Balaban J connectivity index is 1.85. The van der Waals surface area contributed by atoms with Crippen molar-refractivity contribution in [3.63, 3.8) is 0 Å². The second-order valence-corrected chi connectivity index (χ2v) is 6.52. The van der Waals surface area contributed by atoms with E-state index in [1.54, 1.807) is 0 Å². The Morgan fingerprint density at radius 3 is 2.25 bits per heavy atom. The van der Waals surface area contributed by atoms with Crippen LogP contribution in [-0.4, -0.2) is 18.5 Å². The highest BCUT2D eigenvalue weighted by atomic mass is 16.2. The van der Waals surface area contributed by atoms with Crippen molar-refractivity contribution in [2.75, 3.05) is 6.54 Å². The van der Waals surface area contributed by atoms with Crippen molar-refractivity contribution in [2.45, 2.75) is 45.7 Å². The number of carbonyl (C=O) groups excluding carboxylic acids is 1. The molecule has 2 aromatic carbocycles. The van der Waals surface area contributed by atoms with Crippen molar-refractivity contribution in [1.82, 2.24) is 10.6 Å². The van der Waals surface area contributed by atoms with Crippen LogP contribution >= 0.6 is 0 Å². The van der Waals surface area contributed by atoms with Gasteiger partial charge in [-0.1, -0.05) is 61.5 Å². The molecule has 0 saturated carbocycles. The molecule has 0 radical (unpaired) electrons. The highest BCUT2D eigenvalue weighted by molar-refractivity contribution is 5.81. The van der Waals surface area contributed by atoms with Gasteiger partial charge in [0.1, 0.15) is 0 Å². The summed E-state index contributed by atoms with van der Waals surface area (Å²) < 4.78 is 0. The van der Waals surface area contributed by atoms with Crippen LogP contribution < -0.4 is 10.6 Å². The molecule has 0 spiro atoms. The van der Waals surface area contributed by atoms with Crippen LogP contribution in [0, 0.1) is 6.92 Å². The molecule has 0 aromatic heterocycles. The first-order valence-corrected chi connectivity index (χ1v) is 8.63. The molecule has 0 aliphatic carbocycles. The molecule has 2 aromatic rings. The van der Waals surface area contributed by atoms with E-state index in [0.717, 1.165) is 0 Å². The minimum atomic E-state index is -0.234. The number of nitrogens with one attached hydrogen (secondary N) is 2. The number of aryl methyl sites for hydroxylation is 1. The standard InChI is InChI=1S/C21H28N2O/c1-15-10-8-9-13-20(15)17(3)23-18(4)21(24)22-14-16(2)19-11-6-5-7-12-19/h5-13,16-18,23H,14H2,1-4H3,(H,22,24). The average molecular weight is 324 g/mol. The van der Waals surface area contributed by atoms with E-state index < -0.39 is 0 Å². The maximum absolute atomic E-state index is 12.4. The molecule has 2 rings (SSSR count). The number of rotatable bonds is 7. The molecule has 3 heteroatoms. The molecule has 0 saturated heterocycles. The topological polar surface area (TPSA) is 41.1 Å². The van der Waals surface area contributed by atoms with E-state index in [1.807, 2.05) is 37.3 Å². The second-order valence-electron chi connectivity index (χ2n) is 6.52. The second kappa shape index (κ2) is 8.65. The third-order valence-electron chi connectivity index (χ3n) is 4.50. The lowest BCUT2D eigenvalue weighted by atomic mass is 10.0. The smallest absolute Gasteiger partial charge is 0.236 e. The zero-order chi connectivity index (χ0) is 17.5. The highest BCUT2D eigenvalue weighted by Gasteiger charge is 2.17. The van der Waals surface area contributed by atoms with Crippen LogP contribution in [0.2, 0.25) is 0 Å². The normalized spacial score (nSPS) is 14.7. The fraction of sp³-hybridized carbons (Fsp3) is 0.381. The van der Waals surface area contributed by atoms with E-state index in [-0.39, 0.29) is 18.0 Å². The van der Waals surface area contributed by atoms with Gasteiger partial charge in [0.2, 0.25) is 5.91 Å². The Bertz CT molecular complexity index is 654. The van der Waals surface area contributed by atoms with Crippen molar-refractivity contribution in [3.05, 3.63) is 71.3 Å². The first kappa shape index (κ1) is 18.2. The largest absolute Gasteiger partial charge is 0.354 e. The molecule has 3 nitrogen and oxygen atoms in total. The van der Waals surface area contributed by atoms with E-state index in [4.69, 9.17) is 0 Å². The van der Waals surface area contributed by atoms with Gasteiger partial charge in [-0.3, -0.25) is 10.1 Å². The zero-order valence-electron chi connectivity index (χ0n) is 15.0. The van der Waals surface area contributed by atoms with Gasteiger partial charge in [0.05, 0.1) is 6.04 Å². The molecule has 0 aliphatic rings. The predicted molar refractivity (Wildman–Crippen MR) is 100 cm³/mol. The van der Waals surface area contributed by atoms with Crippen LogP contribution in [-0.2, 0) is 4.79 Å². The monoisotopic (exact) mass is 324 g/mol. The van der Waals surface area contributed by atoms with Crippen LogP contribution in [0.5, 0.6) is 0 Å². The van der Waals surface area contributed by atoms with Gasteiger partial charge >= 0.3 is 0 Å². The molecule has 3 atom stereocenters. The lowest BCUT2D eigenvalue weighted by Gasteiger charge is -2.22. The van der Waals surface area contributed by atoms with Crippen molar-refractivity contribution < 1.29 is 4.79 Å². The fourth-order valence-corrected chi connectivity index (χ4v) is 2.92. The highest BCUT2D eigenvalue weighted by Crippen LogP contribution is 2.17. The molecule has 1 amide bonds. The van der Waals surface area contributed by atoms with Gasteiger partial charge in [-0.25, -0.2) is 0 Å². The van der Waals surface area contributed by atoms with Crippen LogP contribution in [0.4, 0.5) is 0 Å². The Kier molecular flexibility index (Phi) is 6.56. The molecule has 0 heterocycles. The van der Waals surface area contributed by atoms with Gasteiger partial charge in [-0.15, -0.1) is 0 Å². The summed E-state index contributed by atoms with van der Waals surface area (Å²) in [4.78, 5) is 12.4. The Labute approximate surface area is 145 Å². The summed E-state index contributed by atoms with van der Waals surface area (Å²) in [6.07, 6.45) is 0. The summed E-state index contributed by atoms with van der Waals surface area (Å²) in [5.74, 6) is 0.342. The van der Waals surface area contributed by atoms with E-state index >= 15 is 0 Å². The van der Waals surface area contributed by atoms with E-state index in [9.17, 15) is 4.79 Å². The predicted octanol–water partition coefficient (Wildman–Crippen LogP) is 3.95. The number of hydrogen-bond acceptors (Lipinski definition) is 2. The molecule has 128 valence electrons. The molecule has 0 aliphatic heterocycles. The minimum absolute atomic E-state index is 0.0400. The van der Waals surface area contributed by atoms with Crippen molar-refractivity contribution in [3.8, 4) is 0 Å². The summed E-state index contributed by atoms with van der Waals surface area (Å²) >= 11 is 0. The van der Waals surface area contributed by atoms with Crippen LogP contribution in [0.15, 0.2) is 54.6 Å². The Morgan fingerprint density at radius 2 is 1.58 bits per heavy atom. The molecule has 3 unspecified atom stereocenters. The van der Waals surface area contributed by atoms with Crippen molar-refractivity contribution >= 4 is 5.91 Å². The Morgan fingerprint density at radius 1 is 0.958 bits per heavy atom. The van der Waals surface area contributed by atoms with E-state index in [2.05, 4.69) is 55.7 Å². The third kappa shape index (κ3) is 4.93. The third-order valence-corrected chi connectivity index (χ3v) is 4.50.